The zero-order valence-corrected chi connectivity index (χ0v) is 9.88. The first kappa shape index (κ1) is 14.1. The Balaban J connectivity index is 2.73. The van der Waals surface area contributed by atoms with Gasteiger partial charge in [-0.1, -0.05) is 11.8 Å². The minimum atomic E-state index is -1.42. The van der Waals surface area contributed by atoms with Crippen LogP contribution in [0.15, 0.2) is 18.2 Å². The topological polar surface area (TPSA) is 57.5 Å². The zero-order valence-electron chi connectivity index (χ0n) is 9.06. The molecule has 0 aliphatic rings. The second kappa shape index (κ2) is 6.09. The number of aliphatic hydroxyl groups excluding tert-OH is 2. The smallest absolute Gasteiger partial charge is 0.185 e. The van der Waals surface area contributed by atoms with E-state index < -0.39 is 23.8 Å². The lowest BCUT2D eigenvalue weighted by atomic mass is 10.1. The van der Waals surface area contributed by atoms with Crippen LogP contribution >= 0.6 is 11.8 Å². The predicted molar refractivity (Wildman–Crippen MR) is 60.5 cm³/mol. The van der Waals surface area contributed by atoms with Gasteiger partial charge in [0.25, 0.3) is 0 Å². The van der Waals surface area contributed by atoms with Crippen LogP contribution < -0.4 is 0 Å². The van der Waals surface area contributed by atoms with Gasteiger partial charge in [-0.05, 0) is 17.7 Å². The van der Waals surface area contributed by atoms with Crippen molar-refractivity contribution < 1.29 is 23.8 Å². The summed E-state index contributed by atoms with van der Waals surface area (Å²) in [4.78, 5) is 10.7. The van der Waals surface area contributed by atoms with E-state index in [9.17, 15) is 23.8 Å². The Morgan fingerprint density at radius 1 is 1.29 bits per heavy atom. The first-order chi connectivity index (χ1) is 7.90. The fourth-order valence-electron chi connectivity index (χ4n) is 1.26. The van der Waals surface area contributed by atoms with Crippen LogP contribution in [-0.2, 0) is 4.79 Å². The Hall–Kier alpha value is -0.980. The van der Waals surface area contributed by atoms with Crippen molar-refractivity contribution in [2.45, 2.75) is 19.1 Å². The Labute approximate surface area is 101 Å². The van der Waals surface area contributed by atoms with Crippen molar-refractivity contribution in [2.75, 3.05) is 5.75 Å². The SMILES string of the molecule is CC(=O)SCC(O)C(O)c1cc(F)cc(F)c1. The molecule has 0 aromatic heterocycles. The third-order valence-electron chi connectivity index (χ3n) is 2.05. The highest BCUT2D eigenvalue weighted by Gasteiger charge is 2.20. The lowest BCUT2D eigenvalue weighted by Crippen LogP contribution is -2.21. The molecule has 0 aliphatic carbocycles. The van der Waals surface area contributed by atoms with Crippen LogP contribution in [0, 0.1) is 11.6 Å². The molecule has 1 rings (SSSR count). The monoisotopic (exact) mass is 262 g/mol. The summed E-state index contributed by atoms with van der Waals surface area (Å²) in [5.41, 5.74) is -0.0563. The number of halogens is 2. The molecule has 1 aromatic carbocycles. The maximum Gasteiger partial charge on any atom is 0.185 e. The molecule has 1 aromatic rings. The van der Waals surface area contributed by atoms with E-state index in [-0.39, 0.29) is 16.4 Å². The number of rotatable bonds is 4. The summed E-state index contributed by atoms with van der Waals surface area (Å²) in [7, 11) is 0. The molecule has 2 unspecified atom stereocenters. The number of thioether (sulfide) groups is 1. The number of carbonyl (C=O) groups excluding carboxylic acids is 1. The average Bonchev–Trinajstić information content (AvgIpc) is 2.23. The summed E-state index contributed by atoms with van der Waals surface area (Å²) in [6, 6.07) is 2.55. The van der Waals surface area contributed by atoms with Gasteiger partial charge in [0.2, 0.25) is 0 Å². The van der Waals surface area contributed by atoms with E-state index in [1.54, 1.807) is 0 Å². The van der Waals surface area contributed by atoms with Gasteiger partial charge in [0.15, 0.2) is 5.12 Å². The van der Waals surface area contributed by atoms with E-state index in [1.807, 2.05) is 0 Å². The molecule has 0 radical (unpaired) electrons. The molecule has 17 heavy (non-hydrogen) atoms. The van der Waals surface area contributed by atoms with E-state index in [1.165, 1.54) is 6.92 Å². The fraction of sp³-hybridized carbons (Fsp3) is 0.364. The molecule has 0 saturated carbocycles. The Morgan fingerprint density at radius 3 is 2.29 bits per heavy atom. The van der Waals surface area contributed by atoms with Crippen molar-refractivity contribution >= 4 is 16.9 Å². The average molecular weight is 262 g/mol. The molecule has 0 fully saturated rings. The predicted octanol–water partition coefficient (Wildman–Crippen LogP) is 1.64. The van der Waals surface area contributed by atoms with E-state index >= 15 is 0 Å². The first-order valence-electron chi connectivity index (χ1n) is 4.85. The third-order valence-corrected chi connectivity index (χ3v) is 2.96. The quantitative estimate of drug-likeness (QED) is 0.866. The van der Waals surface area contributed by atoms with Gasteiger partial charge in [0, 0.05) is 18.7 Å². The van der Waals surface area contributed by atoms with Gasteiger partial charge in [-0.15, -0.1) is 0 Å². The molecule has 0 saturated heterocycles. The van der Waals surface area contributed by atoms with Gasteiger partial charge >= 0.3 is 0 Å². The van der Waals surface area contributed by atoms with Crippen LogP contribution in [0.25, 0.3) is 0 Å². The number of benzene rings is 1. The van der Waals surface area contributed by atoms with Crippen molar-refractivity contribution in [1.82, 2.24) is 0 Å². The summed E-state index contributed by atoms with van der Waals surface area (Å²) in [6.07, 6.45) is -2.68. The molecule has 6 heteroatoms. The van der Waals surface area contributed by atoms with Crippen molar-refractivity contribution in [3.8, 4) is 0 Å². The van der Waals surface area contributed by atoms with Gasteiger partial charge in [-0.25, -0.2) is 8.78 Å². The van der Waals surface area contributed by atoms with Crippen LogP contribution in [0.2, 0.25) is 0 Å². The lowest BCUT2D eigenvalue weighted by Gasteiger charge is -2.17. The Bertz CT molecular complexity index is 391. The molecular weight excluding hydrogens is 250 g/mol. The highest BCUT2D eigenvalue weighted by Crippen LogP contribution is 2.21. The van der Waals surface area contributed by atoms with E-state index in [4.69, 9.17) is 0 Å². The summed E-state index contributed by atoms with van der Waals surface area (Å²) >= 11 is 0.834. The molecule has 0 aliphatic heterocycles. The largest absolute Gasteiger partial charge is 0.389 e. The van der Waals surface area contributed by atoms with E-state index in [0.29, 0.717) is 6.07 Å². The minimum absolute atomic E-state index is 0.0331. The Kier molecular flexibility index (Phi) is 5.04. The normalized spacial score (nSPS) is 14.4. The standard InChI is InChI=1S/C11H12F2O3S/c1-6(14)17-5-10(15)11(16)7-2-8(12)4-9(13)3-7/h2-4,10-11,15-16H,5H2,1H3. The maximum atomic E-state index is 12.9. The van der Waals surface area contributed by atoms with Gasteiger partial charge in [-0.3, -0.25) is 4.79 Å². The molecule has 3 nitrogen and oxygen atoms in total. The van der Waals surface area contributed by atoms with Gasteiger partial charge in [0.05, 0.1) is 6.10 Å². The van der Waals surface area contributed by atoms with E-state index in [2.05, 4.69) is 0 Å². The number of carbonyl (C=O) groups is 1. The van der Waals surface area contributed by atoms with Crippen LogP contribution in [0.3, 0.4) is 0 Å². The second-order valence-electron chi connectivity index (χ2n) is 3.52. The van der Waals surface area contributed by atoms with Crippen LogP contribution in [0.4, 0.5) is 8.78 Å². The van der Waals surface area contributed by atoms with E-state index in [0.717, 1.165) is 23.9 Å². The maximum absolute atomic E-state index is 12.9. The Morgan fingerprint density at radius 2 is 1.82 bits per heavy atom. The van der Waals surface area contributed by atoms with Crippen molar-refractivity contribution in [3.63, 3.8) is 0 Å². The molecule has 0 amide bonds. The van der Waals surface area contributed by atoms with Crippen molar-refractivity contribution in [1.29, 1.82) is 0 Å². The van der Waals surface area contributed by atoms with Crippen molar-refractivity contribution in [2.24, 2.45) is 0 Å². The van der Waals surface area contributed by atoms with Gasteiger partial charge in [-0.2, -0.15) is 0 Å². The summed E-state index contributed by atoms with van der Waals surface area (Å²) in [5, 5.41) is 19.0. The molecule has 0 heterocycles. The molecule has 0 spiro atoms. The number of aliphatic hydroxyl groups is 2. The first-order valence-corrected chi connectivity index (χ1v) is 5.84. The third kappa shape index (κ3) is 4.41. The van der Waals surface area contributed by atoms with Gasteiger partial charge < -0.3 is 10.2 Å². The summed E-state index contributed by atoms with van der Waals surface area (Å²) in [5.74, 6) is -1.69. The number of hydrogen-bond acceptors (Lipinski definition) is 4. The molecular formula is C11H12F2O3S. The molecule has 94 valence electrons. The summed E-state index contributed by atoms with van der Waals surface area (Å²) in [6.45, 7) is 1.33. The van der Waals surface area contributed by atoms with Crippen LogP contribution in [0.5, 0.6) is 0 Å². The second-order valence-corrected chi connectivity index (χ2v) is 4.71. The van der Waals surface area contributed by atoms with Gasteiger partial charge in [0.1, 0.15) is 17.7 Å². The van der Waals surface area contributed by atoms with Crippen molar-refractivity contribution in [3.05, 3.63) is 35.4 Å². The minimum Gasteiger partial charge on any atom is -0.389 e. The lowest BCUT2D eigenvalue weighted by molar-refractivity contribution is -0.109. The zero-order chi connectivity index (χ0) is 13.0. The van der Waals surface area contributed by atoms with Crippen LogP contribution in [-0.4, -0.2) is 27.2 Å². The molecule has 2 N–H and O–H groups in total. The highest BCUT2D eigenvalue weighted by molar-refractivity contribution is 8.13. The van der Waals surface area contributed by atoms with Crippen LogP contribution in [0.1, 0.15) is 18.6 Å². The fourth-order valence-corrected chi connectivity index (χ4v) is 1.85. The highest BCUT2D eigenvalue weighted by atomic mass is 32.2. The molecule has 2 atom stereocenters. The molecule has 0 bridgehead atoms. The summed E-state index contributed by atoms with van der Waals surface area (Å²) < 4.78 is 25.7. The number of hydrogen-bond donors (Lipinski definition) is 2.